The summed E-state index contributed by atoms with van der Waals surface area (Å²) in [6, 6.07) is 2.82. The molecule has 0 spiro atoms. The Balaban J connectivity index is 2.95. The van der Waals surface area contributed by atoms with Gasteiger partial charge in [-0.2, -0.15) is 0 Å². The fraction of sp³-hybridized carbons (Fsp3) is 0.455. The van der Waals surface area contributed by atoms with E-state index in [1.165, 1.54) is 26.4 Å². The molecule has 0 aliphatic heterocycles. The van der Waals surface area contributed by atoms with E-state index in [1.807, 2.05) is 0 Å². The van der Waals surface area contributed by atoms with Crippen LogP contribution in [0.3, 0.4) is 0 Å². The summed E-state index contributed by atoms with van der Waals surface area (Å²) in [5, 5.41) is 0. The molecule has 0 fully saturated rings. The van der Waals surface area contributed by atoms with E-state index in [4.69, 9.17) is 9.15 Å². The maximum Gasteiger partial charge on any atom is 0.373 e. The molecule has 16 heavy (non-hydrogen) atoms. The zero-order chi connectivity index (χ0) is 12.3. The fourth-order valence-electron chi connectivity index (χ4n) is 1.06. The predicted molar refractivity (Wildman–Crippen MR) is 55.5 cm³/mol. The van der Waals surface area contributed by atoms with Crippen LogP contribution in [0.1, 0.15) is 35.0 Å². The Hall–Kier alpha value is -1.62. The topological polar surface area (TPSA) is 65.7 Å². The van der Waals surface area contributed by atoms with Gasteiger partial charge in [-0.3, -0.25) is 4.79 Å². The van der Waals surface area contributed by atoms with E-state index in [0.29, 0.717) is 0 Å². The number of esters is 1. The van der Waals surface area contributed by atoms with Gasteiger partial charge < -0.3 is 13.9 Å². The molecule has 5 nitrogen and oxygen atoms in total. The van der Waals surface area contributed by atoms with Gasteiger partial charge in [0.2, 0.25) is 11.5 Å². The number of carbonyl (C=O) groups is 2. The molecule has 1 aromatic rings. The van der Waals surface area contributed by atoms with E-state index < -0.39 is 11.6 Å². The third-order valence-electron chi connectivity index (χ3n) is 2.27. The van der Waals surface area contributed by atoms with Crippen molar-refractivity contribution in [1.82, 2.24) is 0 Å². The summed E-state index contributed by atoms with van der Waals surface area (Å²) in [4.78, 5) is 23.0. The SMILES string of the molecule is COC(=O)c1ccc(C(=O)C(C)(C)OC)o1. The van der Waals surface area contributed by atoms with Crippen LogP contribution in [0.2, 0.25) is 0 Å². The lowest BCUT2D eigenvalue weighted by molar-refractivity contribution is 0.0201. The minimum absolute atomic E-state index is 0.00208. The van der Waals surface area contributed by atoms with Gasteiger partial charge in [-0.1, -0.05) is 0 Å². The lowest BCUT2D eigenvalue weighted by Crippen LogP contribution is -2.33. The summed E-state index contributed by atoms with van der Waals surface area (Å²) in [6.07, 6.45) is 0. The van der Waals surface area contributed by atoms with E-state index >= 15 is 0 Å². The minimum atomic E-state index is -0.981. The van der Waals surface area contributed by atoms with Crippen LogP contribution in [-0.4, -0.2) is 31.6 Å². The van der Waals surface area contributed by atoms with Gasteiger partial charge in [0.15, 0.2) is 5.76 Å². The van der Waals surface area contributed by atoms with Crippen molar-refractivity contribution in [3.63, 3.8) is 0 Å². The van der Waals surface area contributed by atoms with Crippen molar-refractivity contribution in [2.24, 2.45) is 0 Å². The Morgan fingerprint density at radius 2 is 1.75 bits per heavy atom. The Kier molecular flexibility index (Phi) is 3.49. The molecule has 0 atom stereocenters. The van der Waals surface area contributed by atoms with E-state index in [-0.39, 0.29) is 17.3 Å². The van der Waals surface area contributed by atoms with Crippen molar-refractivity contribution in [3.05, 3.63) is 23.7 Å². The summed E-state index contributed by atoms with van der Waals surface area (Å²) in [7, 11) is 2.67. The van der Waals surface area contributed by atoms with Crippen LogP contribution in [0, 0.1) is 0 Å². The minimum Gasteiger partial charge on any atom is -0.463 e. The highest BCUT2D eigenvalue weighted by molar-refractivity contribution is 6.00. The molecule has 88 valence electrons. The Morgan fingerprint density at radius 1 is 1.19 bits per heavy atom. The number of hydrogen-bond donors (Lipinski definition) is 0. The summed E-state index contributed by atoms with van der Waals surface area (Å²) >= 11 is 0. The van der Waals surface area contributed by atoms with Gasteiger partial charge >= 0.3 is 5.97 Å². The van der Waals surface area contributed by atoms with Crippen LogP contribution in [-0.2, 0) is 9.47 Å². The van der Waals surface area contributed by atoms with Gasteiger partial charge in [0.05, 0.1) is 7.11 Å². The molecule has 0 radical (unpaired) electrons. The number of furan rings is 1. The highest BCUT2D eigenvalue weighted by Crippen LogP contribution is 2.18. The Bertz CT molecular complexity index is 402. The van der Waals surface area contributed by atoms with Crippen molar-refractivity contribution in [1.29, 1.82) is 0 Å². The van der Waals surface area contributed by atoms with Gasteiger partial charge in [-0.25, -0.2) is 4.79 Å². The first-order valence-corrected chi connectivity index (χ1v) is 4.70. The molecule has 0 saturated heterocycles. The molecule has 1 aromatic heterocycles. The Morgan fingerprint density at radius 3 is 2.25 bits per heavy atom. The fourth-order valence-corrected chi connectivity index (χ4v) is 1.06. The van der Waals surface area contributed by atoms with E-state index in [9.17, 15) is 9.59 Å². The summed E-state index contributed by atoms with van der Waals surface area (Å²) < 4.78 is 14.6. The maximum atomic E-state index is 11.9. The highest BCUT2D eigenvalue weighted by atomic mass is 16.5. The van der Waals surface area contributed by atoms with Gasteiger partial charge in [0, 0.05) is 7.11 Å². The molecule has 1 heterocycles. The largest absolute Gasteiger partial charge is 0.463 e. The lowest BCUT2D eigenvalue weighted by Gasteiger charge is -2.19. The van der Waals surface area contributed by atoms with Gasteiger partial charge in [-0.05, 0) is 26.0 Å². The van der Waals surface area contributed by atoms with Crippen LogP contribution in [0.25, 0.3) is 0 Å². The molecular weight excluding hydrogens is 212 g/mol. The van der Waals surface area contributed by atoms with Gasteiger partial charge in [-0.15, -0.1) is 0 Å². The monoisotopic (exact) mass is 226 g/mol. The molecule has 0 aliphatic carbocycles. The quantitative estimate of drug-likeness (QED) is 0.577. The first-order chi connectivity index (χ1) is 7.42. The zero-order valence-electron chi connectivity index (χ0n) is 9.70. The highest BCUT2D eigenvalue weighted by Gasteiger charge is 2.31. The number of ketones is 1. The number of carbonyl (C=O) groups excluding carboxylic acids is 2. The maximum absolute atomic E-state index is 11.9. The first-order valence-electron chi connectivity index (χ1n) is 4.70. The molecule has 0 aromatic carbocycles. The number of ether oxygens (including phenoxy) is 2. The molecule has 5 heteroatoms. The molecule has 0 unspecified atom stereocenters. The van der Waals surface area contributed by atoms with E-state index in [1.54, 1.807) is 13.8 Å². The number of hydrogen-bond acceptors (Lipinski definition) is 5. The van der Waals surface area contributed by atoms with Gasteiger partial charge in [0.25, 0.3) is 0 Å². The second-order valence-electron chi connectivity index (χ2n) is 3.70. The van der Waals surface area contributed by atoms with Crippen molar-refractivity contribution >= 4 is 11.8 Å². The smallest absolute Gasteiger partial charge is 0.373 e. The van der Waals surface area contributed by atoms with E-state index in [0.717, 1.165) is 0 Å². The van der Waals surface area contributed by atoms with E-state index in [2.05, 4.69) is 4.74 Å². The first kappa shape index (κ1) is 12.4. The molecule has 1 rings (SSSR count). The second kappa shape index (κ2) is 4.49. The van der Waals surface area contributed by atoms with Crippen molar-refractivity contribution in [2.75, 3.05) is 14.2 Å². The third kappa shape index (κ3) is 2.30. The zero-order valence-corrected chi connectivity index (χ0v) is 9.70. The molecule has 0 N–H and O–H groups in total. The summed E-state index contributed by atoms with van der Waals surface area (Å²) in [5.74, 6) is -0.871. The lowest BCUT2D eigenvalue weighted by atomic mass is 10.0. The standard InChI is InChI=1S/C11H14O5/c1-11(2,15-4)9(12)7-5-6-8(16-7)10(13)14-3/h5-6H,1-4H3. The molecule has 0 aliphatic rings. The van der Waals surface area contributed by atoms with Gasteiger partial charge in [0.1, 0.15) is 5.60 Å². The van der Waals surface area contributed by atoms with Crippen molar-refractivity contribution < 1.29 is 23.5 Å². The number of rotatable bonds is 4. The normalized spacial score (nSPS) is 11.2. The second-order valence-corrected chi connectivity index (χ2v) is 3.70. The molecule has 0 bridgehead atoms. The van der Waals surface area contributed by atoms with Crippen LogP contribution < -0.4 is 0 Å². The van der Waals surface area contributed by atoms with Crippen molar-refractivity contribution in [3.8, 4) is 0 Å². The molecule has 0 amide bonds. The number of methoxy groups -OCH3 is 2. The third-order valence-corrected chi connectivity index (χ3v) is 2.27. The molecular formula is C11H14O5. The predicted octanol–water partition coefficient (Wildman–Crippen LogP) is 1.67. The van der Waals surface area contributed by atoms with Crippen LogP contribution in [0.4, 0.5) is 0 Å². The van der Waals surface area contributed by atoms with Crippen molar-refractivity contribution in [2.45, 2.75) is 19.4 Å². The molecule has 0 saturated carbocycles. The summed E-state index contributed by atoms with van der Waals surface area (Å²) in [5.41, 5.74) is -0.981. The number of Topliss-reactive ketones (excluding diaryl/α,β-unsaturated/α-hetero) is 1. The average molecular weight is 226 g/mol. The van der Waals surface area contributed by atoms with Crippen LogP contribution in [0.15, 0.2) is 16.5 Å². The average Bonchev–Trinajstić information content (AvgIpc) is 2.76. The Labute approximate surface area is 93.3 Å². The van der Waals surface area contributed by atoms with Crippen LogP contribution in [0.5, 0.6) is 0 Å². The summed E-state index contributed by atoms with van der Waals surface area (Å²) in [6.45, 7) is 3.24. The van der Waals surface area contributed by atoms with Crippen LogP contribution >= 0.6 is 0 Å².